The Morgan fingerprint density at radius 1 is 1.24 bits per heavy atom. The van der Waals surface area contributed by atoms with Gasteiger partial charge in [-0.3, -0.25) is 9.78 Å². The van der Waals surface area contributed by atoms with E-state index < -0.39 is 0 Å². The number of rotatable bonds is 7. The number of carbonyl (C=O) groups is 1. The van der Waals surface area contributed by atoms with Crippen LogP contribution in [-0.2, 0) is 10.5 Å². The molecule has 0 unspecified atom stereocenters. The van der Waals surface area contributed by atoms with Crippen molar-refractivity contribution in [1.29, 1.82) is 0 Å². The summed E-state index contributed by atoms with van der Waals surface area (Å²) in [7, 11) is 0. The molecule has 0 radical (unpaired) electrons. The van der Waals surface area contributed by atoms with Crippen LogP contribution in [0.15, 0.2) is 48.7 Å². The average Bonchev–Trinajstić information content (AvgIpc) is 3.06. The molecule has 1 aromatic carbocycles. The molecule has 0 aliphatic carbocycles. The molecule has 0 saturated heterocycles. The first-order chi connectivity index (χ1) is 12.2. The van der Waals surface area contributed by atoms with E-state index >= 15 is 0 Å². The van der Waals surface area contributed by atoms with Gasteiger partial charge in [0.25, 0.3) is 0 Å². The van der Waals surface area contributed by atoms with Crippen molar-refractivity contribution in [3.8, 4) is 5.69 Å². The first-order valence-corrected chi connectivity index (χ1v) is 9.01. The van der Waals surface area contributed by atoms with Crippen LogP contribution in [-0.4, -0.2) is 36.9 Å². The van der Waals surface area contributed by atoms with E-state index in [1.54, 1.807) is 22.6 Å². The molecule has 1 N–H and O–H groups in total. The number of aromatic nitrogens is 5. The van der Waals surface area contributed by atoms with E-state index in [4.69, 9.17) is 0 Å². The van der Waals surface area contributed by atoms with Gasteiger partial charge in [-0.25, -0.2) is 0 Å². The van der Waals surface area contributed by atoms with E-state index in [2.05, 4.69) is 25.8 Å². The van der Waals surface area contributed by atoms with Gasteiger partial charge in [0.15, 0.2) is 5.82 Å². The summed E-state index contributed by atoms with van der Waals surface area (Å²) in [5.41, 5.74) is 2.56. The van der Waals surface area contributed by atoms with Gasteiger partial charge < -0.3 is 5.32 Å². The number of benzene rings is 1. The van der Waals surface area contributed by atoms with Crippen molar-refractivity contribution in [1.82, 2.24) is 25.2 Å². The van der Waals surface area contributed by atoms with Gasteiger partial charge in [-0.05, 0) is 47.7 Å². The number of hydrogen-bond donors (Lipinski definition) is 1. The molecular formula is C17H18N6OS. The fourth-order valence-electron chi connectivity index (χ4n) is 2.23. The molecule has 3 aromatic rings. The summed E-state index contributed by atoms with van der Waals surface area (Å²) in [5.74, 6) is 2.23. The van der Waals surface area contributed by atoms with Crippen molar-refractivity contribution in [2.45, 2.75) is 19.1 Å². The van der Waals surface area contributed by atoms with Crippen molar-refractivity contribution in [3.63, 3.8) is 0 Å². The third-order valence-corrected chi connectivity index (χ3v) is 4.44. The molecule has 0 bridgehead atoms. The molecular weight excluding hydrogens is 336 g/mol. The Kier molecular flexibility index (Phi) is 5.73. The summed E-state index contributed by atoms with van der Waals surface area (Å²) >= 11 is 1.69. The lowest BCUT2D eigenvalue weighted by Gasteiger charge is -2.08. The van der Waals surface area contributed by atoms with Gasteiger partial charge in [0.2, 0.25) is 5.91 Å². The van der Waals surface area contributed by atoms with Crippen molar-refractivity contribution in [2.75, 3.05) is 11.1 Å². The van der Waals surface area contributed by atoms with E-state index in [9.17, 15) is 4.79 Å². The zero-order chi connectivity index (χ0) is 17.5. The van der Waals surface area contributed by atoms with Crippen LogP contribution in [0.2, 0.25) is 0 Å². The first kappa shape index (κ1) is 17.1. The number of tetrazole rings is 1. The summed E-state index contributed by atoms with van der Waals surface area (Å²) in [6.07, 6.45) is 2.23. The topological polar surface area (TPSA) is 85.6 Å². The Balaban J connectivity index is 1.49. The molecule has 0 atom stereocenters. The van der Waals surface area contributed by atoms with Crippen LogP contribution in [0.3, 0.4) is 0 Å². The number of amides is 1. The van der Waals surface area contributed by atoms with Crippen molar-refractivity contribution in [2.24, 2.45) is 0 Å². The molecule has 25 heavy (non-hydrogen) atoms. The van der Waals surface area contributed by atoms with Gasteiger partial charge in [-0.15, -0.1) is 5.10 Å². The molecule has 8 heteroatoms. The van der Waals surface area contributed by atoms with E-state index in [0.29, 0.717) is 12.2 Å². The number of aryl methyl sites for hydroxylation is 1. The van der Waals surface area contributed by atoms with Crippen LogP contribution < -0.4 is 5.32 Å². The highest BCUT2D eigenvalue weighted by atomic mass is 32.2. The number of hydrogen-bond acceptors (Lipinski definition) is 6. The monoisotopic (exact) mass is 354 g/mol. The molecule has 0 saturated carbocycles. The molecule has 128 valence electrons. The molecule has 0 fully saturated rings. The predicted molar refractivity (Wildman–Crippen MR) is 97.5 cm³/mol. The molecule has 1 amide bonds. The van der Waals surface area contributed by atoms with E-state index in [1.807, 2.05) is 49.4 Å². The lowest BCUT2D eigenvalue weighted by atomic mass is 10.2. The van der Waals surface area contributed by atoms with Crippen LogP contribution in [0.4, 0.5) is 5.69 Å². The number of nitrogens with zero attached hydrogens (tertiary/aromatic N) is 5. The second-order valence-corrected chi connectivity index (χ2v) is 6.47. The van der Waals surface area contributed by atoms with E-state index in [-0.39, 0.29) is 5.91 Å². The van der Waals surface area contributed by atoms with Crippen LogP contribution in [0.25, 0.3) is 5.69 Å². The maximum atomic E-state index is 12.1. The highest BCUT2D eigenvalue weighted by Crippen LogP contribution is 2.16. The standard InChI is InChI=1S/C17H18N6OS/c1-13-20-21-22-23(13)16-7-4-6-14(11-16)19-17(24)8-10-25-12-15-5-2-3-9-18-15/h2-7,9,11H,8,10,12H2,1H3,(H,19,24). The molecule has 0 spiro atoms. The van der Waals surface area contributed by atoms with Crippen LogP contribution in [0.5, 0.6) is 0 Å². The minimum atomic E-state index is -0.0147. The minimum Gasteiger partial charge on any atom is -0.326 e. The lowest BCUT2D eigenvalue weighted by Crippen LogP contribution is -2.12. The summed E-state index contributed by atoms with van der Waals surface area (Å²) in [4.78, 5) is 16.4. The summed E-state index contributed by atoms with van der Waals surface area (Å²) < 4.78 is 1.62. The molecule has 2 aromatic heterocycles. The largest absolute Gasteiger partial charge is 0.326 e. The fraction of sp³-hybridized carbons (Fsp3) is 0.235. The fourth-order valence-corrected chi connectivity index (χ4v) is 3.09. The zero-order valence-corrected chi connectivity index (χ0v) is 14.6. The summed E-state index contributed by atoms with van der Waals surface area (Å²) in [6, 6.07) is 13.3. The maximum absolute atomic E-state index is 12.1. The van der Waals surface area contributed by atoms with Crippen LogP contribution in [0, 0.1) is 6.92 Å². The Morgan fingerprint density at radius 2 is 2.16 bits per heavy atom. The van der Waals surface area contributed by atoms with Crippen LogP contribution in [0.1, 0.15) is 17.9 Å². The van der Waals surface area contributed by atoms with Gasteiger partial charge in [0, 0.05) is 29.8 Å². The second-order valence-electron chi connectivity index (χ2n) is 5.36. The van der Waals surface area contributed by atoms with E-state index in [0.717, 1.165) is 28.6 Å². The molecule has 7 nitrogen and oxygen atoms in total. The van der Waals surface area contributed by atoms with Gasteiger partial charge in [0.05, 0.1) is 11.4 Å². The Hall–Kier alpha value is -2.74. The van der Waals surface area contributed by atoms with Crippen LogP contribution >= 0.6 is 11.8 Å². The second kappa shape index (κ2) is 8.39. The smallest absolute Gasteiger partial charge is 0.225 e. The third-order valence-electron chi connectivity index (χ3n) is 3.45. The van der Waals surface area contributed by atoms with Crippen molar-refractivity contribution >= 4 is 23.4 Å². The summed E-state index contributed by atoms with van der Waals surface area (Å²) in [5, 5.41) is 14.3. The molecule has 0 aliphatic heterocycles. The maximum Gasteiger partial charge on any atom is 0.225 e. The highest BCUT2D eigenvalue weighted by molar-refractivity contribution is 7.98. The summed E-state index contributed by atoms with van der Waals surface area (Å²) in [6.45, 7) is 1.82. The predicted octanol–water partition coefficient (Wildman–Crippen LogP) is 2.63. The molecule has 2 heterocycles. The Bertz CT molecular complexity index is 836. The number of anilines is 1. The highest BCUT2D eigenvalue weighted by Gasteiger charge is 2.07. The van der Waals surface area contributed by atoms with Gasteiger partial charge in [-0.1, -0.05) is 12.1 Å². The van der Waals surface area contributed by atoms with Gasteiger partial charge >= 0.3 is 0 Å². The Labute approximate surface area is 149 Å². The molecule has 0 aliphatic rings. The average molecular weight is 354 g/mol. The zero-order valence-electron chi connectivity index (χ0n) is 13.8. The number of carbonyl (C=O) groups excluding carboxylic acids is 1. The third kappa shape index (κ3) is 4.87. The number of nitrogens with one attached hydrogen (secondary N) is 1. The SMILES string of the molecule is Cc1nnnn1-c1cccc(NC(=O)CCSCc2ccccn2)c1. The Morgan fingerprint density at radius 3 is 2.92 bits per heavy atom. The van der Waals surface area contributed by atoms with Gasteiger partial charge in [-0.2, -0.15) is 16.4 Å². The lowest BCUT2D eigenvalue weighted by molar-refractivity contribution is -0.115. The van der Waals surface area contributed by atoms with Crippen molar-refractivity contribution < 1.29 is 4.79 Å². The first-order valence-electron chi connectivity index (χ1n) is 7.85. The normalized spacial score (nSPS) is 10.6. The number of pyridine rings is 1. The van der Waals surface area contributed by atoms with Gasteiger partial charge in [0.1, 0.15) is 0 Å². The van der Waals surface area contributed by atoms with E-state index in [1.165, 1.54) is 0 Å². The van der Waals surface area contributed by atoms with Crippen molar-refractivity contribution in [3.05, 3.63) is 60.2 Å². The minimum absolute atomic E-state index is 0.0147. The molecule has 3 rings (SSSR count). The quantitative estimate of drug-likeness (QED) is 0.657. The number of thioether (sulfide) groups is 1.